The van der Waals surface area contributed by atoms with Crippen LogP contribution in [0.3, 0.4) is 0 Å². The van der Waals surface area contributed by atoms with Crippen molar-refractivity contribution in [3.8, 4) is 0 Å². The van der Waals surface area contributed by atoms with Gasteiger partial charge in [-0.05, 0) is 31.0 Å². The fraction of sp³-hybridized carbons (Fsp3) is 0.350. The third-order valence-corrected chi connectivity index (χ3v) is 5.48. The molecule has 1 aliphatic carbocycles. The highest BCUT2D eigenvalue weighted by Crippen LogP contribution is 2.30. The van der Waals surface area contributed by atoms with Gasteiger partial charge >= 0.3 is 0 Å². The van der Waals surface area contributed by atoms with Gasteiger partial charge in [0.25, 0.3) is 11.8 Å². The second-order valence-electron chi connectivity index (χ2n) is 7.42. The number of carbonyl (C=O) groups excluding carboxylic acids is 2. The van der Waals surface area contributed by atoms with E-state index in [0.717, 1.165) is 37.3 Å². The van der Waals surface area contributed by atoms with Gasteiger partial charge in [-0.3, -0.25) is 9.59 Å². The molecular formula is C20H23FN6O2. The van der Waals surface area contributed by atoms with Crippen molar-refractivity contribution in [1.82, 2.24) is 10.3 Å². The molecular weight excluding hydrogens is 375 g/mol. The van der Waals surface area contributed by atoms with Gasteiger partial charge in [0.05, 0.1) is 5.56 Å². The first kappa shape index (κ1) is 19.1. The van der Waals surface area contributed by atoms with Crippen molar-refractivity contribution < 1.29 is 14.0 Å². The highest BCUT2D eigenvalue weighted by molar-refractivity contribution is 6.01. The van der Waals surface area contributed by atoms with Crippen molar-refractivity contribution in [2.75, 3.05) is 10.6 Å². The number of nitrogens with zero attached hydrogens (tertiary/aromatic N) is 1. The summed E-state index contributed by atoms with van der Waals surface area (Å²) in [7, 11) is 0. The molecule has 2 amide bonds. The Morgan fingerprint density at radius 3 is 2.79 bits per heavy atom. The van der Waals surface area contributed by atoms with Gasteiger partial charge in [0.2, 0.25) is 0 Å². The Morgan fingerprint density at radius 1 is 1.24 bits per heavy atom. The average molecular weight is 398 g/mol. The molecule has 152 valence electrons. The van der Waals surface area contributed by atoms with Crippen LogP contribution in [0, 0.1) is 5.82 Å². The zero-order valence-electron chi connectivity index (χ0n) is 15.8. The lowest BCUT2D eigenvalue weighted by molar-refractivity contribution is 0.0964. The lowest BCUT2D eigenvalue weighted by atomic mass is 9.91. The first-order valence-electron chi connectivity index (χ1n) is 9.63. The number of fused-ring (bicyclic) bond motifs is 1. The summed E-state index contributed by atoms with van der Waals surface area (Å²) in [6.07, 6.45) is 3.74. The topological polar surface area (TPSA) is 135 Å². The Bertz CT molecular complexity index is 980. The maximum atomic E-state index is 14.6. The summed E-state index contributed by atoms with van der Waals surface area (Å²) in [4.78, 5) is 28.1. The quantitative estimate of drug-likeness (QED) is 0.523. The molecule has 9 heteroatoms. The normalized spacial score (nSPS) is 20.7. The fourth-order valence-corrected chi connectivity index (χ4v) is 3.89. The summed E-state index contributed by atoms with van der Waals surface area (Å²) in [5, 5.41) is 8.88. The van der Waals surface area contributed by atoms with E-state index in [-0.39, 0.29) is 35.2 Å². The van der Waals surface area contributed by atoms with Crippen LogP contribution < -0.4 is 27.4 Å². The van der Waals surface area contributed by atoms with Crippen LogP contribution in [0.2, 0.25) is 0 Å². The molecule has 29 heavy (non-hydrogen) atoms. The molecule has 1 aromatic heterocycles. The molecule has 8 nitrogen and oxygen atoms in total. The Morgan fingerprint density at radius 2 is 2.03 bits per heavy atom. The minimum atomic E-state index is -0.804. The van der Waals surface area contributed by atoms with Crippen LogP contribution >= 0.6 is 0 Å². The number of nitrogens with two attached hydrogens (primary N) is 2. The molecule has 1 saturated carbocycles. The standard InChI is InChI=1S/C20H23FN6O2/c21-13-8-11(17(23)28)18(27-19(13)26-16-6-2-1-5-14(16)22)25-15-7-3-4-10-12(15)9-24-20(10)29/h3-4,7-8,14,16H,1-2,5-6,9,22H2,(H2,23,28)(H,24,29)(H2,25,26,27)/t14-,16+/m0/s1. The first-order valence-corrected chi connectivity index (χ1v) is 9.63. The van der Waals surface area contributed by atoms with Gasteiger partial charge in [-0.25, -0.2) is 9.37 Å². The molecule has 2 aliphatic rings. The number of amides is 2. The largest absolute Gasteiger partial charge is 0.365 e. The van der Waals surface area contributed by atoms with Gasteiger partial charge in [0.1, 0.15) is 5.82 Å². The van der Waals surface area contributed by atoms with Crippen molar-refractivity contribution in [1.29, 1.82) is 0 Å². The summed E-state index contributed by atoms with van der Waals surface area (Å²) in [6.45, 7) is 0.354. The van der Waals surface area contributed by atoms with E-state index in [9.17, 15) is 14.0 Å². The number of rotatable bonds is 5. The molecule has 0 unspecified atom stereocenters. The van der Waals surface area contributed by atoms with Gasteiger partial charge in [0.15, 0.2) is 11.6 Å². The molecule has 7 N–H and O–H groups in total. The van der Waals surface area contributed by atoms with Crippen LogP contribution in [0.1, 0.15) is 52.0 Å². The van der Waals surface area contributed by atoms with Crippen molar-refractivity contribution in [3.05, 3.63) is 46.8 Å². The first-order chi connectivity index (χ1) is 13.9. The summed E-state index contributed by atoms with van der Waals surface area (Å²) < 4.78 is 14.6. The van der Waals surface area contributed by atoms with Crippen LogP contribution in [0.4, 0.5) is 21.7 Å². The SMILES string of the molecule is NC(=O)c1cc(F)c(N[C@@H]2CCCC[C@@H]2N)nc1Nc1cccc2c1CNC2=O. The second-order valence-corrected chi connectivity index (χ2v) is 7.42. The predicted molar refractivity (Wildman–Crippen MR) is 107 cm³/mol. The van der Waals surface area contributed by atoms with Crippen LogP contribution in [0.15, 0.2) is 24.3 Å². The van der Waals surface area contributed by atoms with Crippen molar-refractivity contribution in [3.63, 3.8) is 0 Å². The van der Waals surface area contributed by atoms with Crippen LogP contribution in [-0.4, -0.2) is 28.9 Å². The number of primary amides is 1. The zero-order chi connectivity index (χ0) is 20.5. The van der Waals surface area contributed by atoms with Crippen molar-refractivity contribution in [2.45, 2.75) is 44.3 Å². The summed E-state index contributed by atoms with van der Waals surface area (Å²) >= 11 is 0. The fourth-order valence-electron chi connectivity index (χ4n) is 3.89. The highest BCUT2D eigenvalue weighted by atomic mass is 19.1. The predicted octanol–water partition coefficient (Wildman–Crippen LogP) is 1.99. The number of aromatic nitrogens is 1. The van der Waals surface area contributed by atoms with E-state index >= 15 is 0 Å². The van der Waals surface area contributed by atoms with E-state index in [2.05, 4.69) is 20.9 Å². The molecule has 0 spiro atoms. The average Bonchev–Trinajstić information content (AvgIpc) is 3.08. The van der Waals surface area contributed by atoms with E-state index in [4.69, 9.17) is 11.5 Å². The molecule has 2 heterocycles. The Hall–Kier alpha value is -3.20. The van der Waals surface area contributed by atoms with Crippen molar-refractivity contribution in [2.24, 2.45) is 11.5 Å². The molecule has 0 bridgehead atoms. The van der Waals surface area contributed by atoms with Crippen LogP contribution in [-0.2, 0) is 6.54 Å². The lowest BCUT2D eigenvalue weighted by Crippen LogP contribution is -2.43. The number of benzene rings is 1. The zero-order valence-corrected chi connectivity index (χ0v) is 15.8. The van der Waals surface area contributed by atoms with Crippen LogP contribution in [0.25, 0.3) is 0 Å². The summed E-state index contributed by atoms with van der Waals surface area (Å²) in [6, 6.07) is 6.08. The maximum absolute atomic E-state index is 14.6. The number of carbonyl (C=O) groups is 2. The Balaban J connectivity index is 1.69. The maximum Gasteiger partial charge on any atom is 0.252 e. The third-order valence-electron chi connectivity index (χ3n) is 5.48. The number of anilines is 3. The van der Waals surface area contributed by atoms with Crippen LogP contribution in [0.5, 0.6) is 0 Å². The monoisotopic (exact) mass is 398 g/mol. The number of hydrogen-bond donors (Lipinski definition) is 5. The van der Waals surface area contributed by atoms with E-state index < -0.39 is 11.7 Å². The highest BCUT2D eigenvalue weighted by Gasteiger charge is 2.26. The number of nitrogens with one attached hydrogen (secondary N) is 3. The third kappa shape index (κ3) is 3.73. The smallest absolute Gasteiger partial charge is 0.252 e. The molecule has 4 rings (SSSR count). The summed E-state index contributed by atoms with van der Waals surface area (Å²) in [5.41, 5.74) is 13.4. The van der Waals surface area contributed by atoms with Gasteiger partial charge in [-0.1, -0.05) is 18.9 Å². The second kappa shape index (κ2) is 7.67. The van der Waals surface area contributed by atoms with Gasteiger partial charge in [-0.2, -0.15) is 0 Å². The minimum absolute atomic E-state index is 0.0154. The molecule has 1 aromatic carbocycles. The lowest BCUT2D eigenvalue weighted by Gasteiger charge is -2.30. The van der Waals surface area contributed by atoms with E-state index in [0.29, 0.717) is 17.8 Å². The molecule has 2 aromatic rings. The molecule has 2 atom stereocenters. The molecule has 0 saturated heterocycles. The van der Waals surface area contributed by atoms with E-state index in [1.165, 1.54) is 0 Å². The molecule has 0 radical (unpaired) electrons. The van der Waals surface area contributed by atoms with Gasteiger partial charge < -0.3 is 27.4 Å². The van der Waals surface area contributed by atoms with Gasteiger partial charge in [0, 0.05) is 35.4 Å². The van der Waals surface area contributed by atoms with Crippen molar-refractivity contribution >= 4 is 29.1 Å². The van der Waals surface area contributed by atoms with Gasteiger partial charge in [-0.15, -0.1) is 0 Å². The number of pyridine rings is 1. The van der Waals surface area contributed by atoms with E-state index in [1.54, 1.807) is 18.2 Å². The summed E-state index contributed by atoms with van der Waals surface area (Å²) in [5.74, 6) is -1.50. The Labute approximate surface area is 167 Å². The molecule has 1 fully saturated rings. The Kier molecular flexibility index (Phi) is 5.06. The number of halogens is 1. The molecule has 1 aliphatic heterocycles. The van der Waals surface area contributed by atoms with E-state index in [1.807, 2.05) is 0 Å². The number of hydrogen-bond acceptors (Lipinski definition) is 6. The minimum Gasteiger partial charge on any atom is -0.365 e.